The summed E-state index contributed by atoms with van der Waals surface area (Å²) in [6, 6.07) is 13.9. The summed E-state index contributed by atoms with van der Waals surface area (Å²) in [4.78, 5) is 98.3. The summed E-state index contributed by atoms with van der Waals surface area (Å²) in [7, 11) is 1.60. The predicted molar refractivity (Wildman–Crippen MR) is 251 cm³/mol. The van der Waals surface area contributed by atoms with Gasteiger partial charge in [0, 0.05) is 58.0 Å². The molecule has 0 aromatic heterocycles. The topological polar surface area (TPSA) is 217 Å². The van der Waals surface area contributed by atoms with Crippen LogP contribution in [0, 0.1) is 11.3 Å². The van der Waals surface area contributed by atoms with E-state index >= 15 is 0 Å². The average Bonchev–Trinajstić information content (AvgIpc) is 3.23. The van der Waals surface area contributed by atoms with Crippen LogP contribution in [0.5, 0.6) is 0 Å². The van der Waals surface area contributed by atoms with Crippen LogP contribution in [0.3, 0.4) is 0 Å². The molecule has 364 valence electrons. The lowest BCUT2D eigenvalue weighted by Gasteiger charge is -2.53. The molecule has 17 nitrogen and oxygen atoms in total. The summed E-state index contributed by atoms with van der Waals surface area (Å²) in [5.41, 5.74) is -0.0129. The van der Waals surface area contributed by atoms with Crippen LogP contribution in [-0.2, 0) is 41.5 Å². The van der Waals surface area contributed by atoms with E-state index in [4.69, 9.17) is 9.47 Å². The molecule has 2 aromatic carbocycles. The van der Waals surface area contributed by atoms with E-state index in [1.54, 1.807) is 58.4 Å². The lowest BCUT2D eigenvalue weighted by molar-refractivity contribution is -0.141. The Morgan fingerprint density at radius 2 is 1.09 bits per heavy atom. The minimum atomic E-state index is -1.16. The van der Waals surface area contributed by atoms with Gasteiger partial charge in [-0.05, 0) is 97.1 Å². The predicted octanol–water partition coefficient (Wildman–Crippen LogP) is 4.82. The van der Waals surface area contributed by atoms with Crippen molar-refractivity contribution >= 4 is 41.8 Å². The van der Waals surface area contributed by atoms with Gasteiger partial charge in [0.1, 0.15) is 35.4 Å². The number of nitrogens with one attached hydrogen (secondary N) is 6. The van der Waals surface area contributed by atoms with Gasteiger partial charge in [-0.1, -0.05) is 74.5 Å². The fraction of sp³-hybridized carbons (Fsp3) is 0.612. The number of benzene rings is 2. The molecule has 0 saturated carbocycles. The van der Waals surface area contributed by atoms with E-state index in [1.165, 1.54) is 0 Å². The Hall–Kier alpha value is -5.87. The summed E-state index contributed by atoms with van der Waals surface area (Å²) in [5, 5.41) is 16.8. The Balaban J connectivity index is 1.53. The number of likely N-dealkylation sites (tertiary alicyclic amines) is 2. The highest BCUT2D eigenvalue weighted by atomic mass is 16.6. The maximum absolute atomic E-state index is 14.4. The van der Waals surface area contributed by atoms with E-state index < -0.39 is 65.3 Å². The highest BCUT2D eigenvalue weighted by Crippen LogP contribution is 2.40. The van der Waals surface area contributed by atoms with Crippen LogP contribution in [0.1, 0.15) is 105 Å². The number of hydrogen-bond donors (Lipinski definition) is 6. The molecule has 0 unspecified atom stereocenters. The molecule has 4 rings (SSSR count). The van der Waals surface area contributed by atoms with Crippen molar-refractivity contribution in [3.05, 3.63) is 71.8 Å². The number of alkyl carbamates (subject to hydrolysis) is 2. The number of hydrogen-bond acceptors (Lipinski definition) is 9. The molecule has 1 spiro atoms. The fourth-order valence-electron chi connectivity index (χ4n) is 8.13. The first-order valence-electron chi connectivity index (χ1n) is 23.3. The van der Waals surface area contributed by atoms with Crippen molar-refractivity contribution in [3.8, 4) is 0 Å². The average molecular weight is 919 g/mol. The maximum atomic E-state index is 14.4. The van der Waals surface area contributed by atoms with Crippen LogP contribution in [0.4, 0.5) is 14.4 Å². The monoisotopic (exact) mass is 919 g/mol. The molecular formula is C49H74N8O9. The van der Waals surface area contributed by atoms with Crippen LogP contribution >= 0.6 is 0 Å². The SMILES string of the molecule is CNC(=O)N1CC2(CCN(C(=O)[C@@H](CCCCNC(=O)OC(C)(C)C)NC(=O)[C@@H](CC(C)C)NC(=O)[C@@H](Cc3ccccc3)NC(=O)[C@@H](Cc3ccccc3)NC(=O)OC(C)(C)C)CC2)C1. The lowest BCUT2D eigenvalue weighted by Crippen LogP contribution is -2.64. The first-order chi connectivity index (χ1) is 31.0. The Labute approximate surface area is 390 Å². The second kappa shape index (κ2) is 24.1. The molecule has 0 radical (unpaired) electrons. The Morgan fingerprint density at radius 3 is 1.59 bits per heavy atom. The molecule has 8 amide bonds. The van der Waals surface area contributed by atoms with E-state index in [0.717, 1.165) is 11.1 Å². The number of piperidine rings is 1. The Bertz CT molecular complexity index is 1930. The van der Waals surface area contributed by atoms with Crippen molar-refractivity contribution in [2.45, 2.75) is 142 Å². The summed E-state index contributed by atoms with van der Waals surface area (Å²) in [6.45, 7) is 16.8. The molecule has 2 aliphatic heterocycles. The fourth-order valence-corrected chi connectivity index (χ4v) is 8.13. The third kappa shape index (κ3) is 17.5. The molecule has 2 aromatic rings. The molecule has 2 saturated heterocycles. The molecular weight excluding hydrogens is 845 g/mol. The van der Waals surface area contributed by atoms with Crippen molar-refractivity contribution in [3.63, 3.8) is 0 Å². The lowest BCUT2D eigenvalue weighted by atomic mass is 9.72. The van der Waals surface area contributed by atoms with Gasteiger partial charge in [0.15, 0.2) is 0 Å². The van der Waals surface area contributed by atoms with E-state index in [2.05, 4.69) is 31.9 Å². The number of carbonyl (C=O) groups excluding carboxylic acids is 7. The van der Waals surface area contributed by atoms with E-state index in [-0.39, 0.29) is 49.0 Å². The van der Waals surface area contributed by atoms with E-state index in [1.807, 2.05) is 74.5 Å². The van der Waals surface area contributed by atoms with E-state index in [9.17, 15) is 33.6 Å². The van der Waals surface area contributed by atoms with E-state index in [0.29, 0.717) is 58.4 Å². The number of nitrogens with zero attached hydrogens (tertiary/aromatic N) is 2. The minimum Gasteiger partial charge on any atom is -0.444 e. The quantitative estimate of drug-likeness (QED) is 0.106. The van der Waals surface area contributed by atoms with Crippen molar-refractivity contribution in [2.24, 2.45) is 11.3 Å². The van der Waals surface area contributed by atoms with Gasteiger partial charge < -0.3 is 51.2 Å². The number of ether oxygens (including phenoxy) is 2. The van der Waals surface area contributed by atoms with Crippen molar-refractivity contribution < 1.29 is 43.0 Å². The Kier molecular flexibility index (Phi) is 19.2. The molecule has 66 heavy (non-hydrogen) atoms. The van der Waals surface area contributed by atoms with Gasteiger partial charge in [-0.2, -0.15) is 0 Å². The van der Waals surface area contributed by atoms with Gasteiger partial charge in [-0.15, -0.1) is 0 Å². The summed E-state index contributed by atoms with van der Waals surface area (Å²) in [5.74, 6) is -2.09. The summed E-state index contributed by atoms with van der Waals surface area (Å²) in [6.07, 6.45) is 1.79. The van der Waals surface area contributed by atoms with Crippen LogP contribution in [0.25, 0.3) is 0 Å². The highest BCUT2D eigenvalue weighted by Gasteiger charge is 2.47. The highest BCUT2D eigenvalue weighted by molar-refractivity contribution is 5.95. The van der Waals surface area contributed by atoms with Gasteiger partial charge in [-0.3, -0.25) is 19.2 Å². The summed E-state index contributed by atoms with van der Waals surface area (Å²) >= 11 is 0. The third-order valence-electron chi connectivity index (χ3n) is 11.4. The second-order valence-electron chi connectivity index (χ2n) is 20.1. The van der Waals surface area contributed by atoms with Crippen LogP contribution in [0.2, 0.25) is 0 Å². The van der Waals surface area contributed by atoms with Crippen molar-refractivity contribution in [1.29, 1.82) is 0 Å². The second-order valence-corrected chi connectivity index (χ2v) is 20.1. The van der Waals surface area contributed by atoms with Crippen molar-refractivity contribution in [2.75, 3.05) is 39.8 Å². The van der Waals surface area contributed by atoms with Crippen LogP contribution in [-0.4, -0.2) is 127 Å². The first kappa shape index (κ1) is 52.8. The first-order valence-corrected chi connectivity index (χ1v) is 23.3. The molecule has 2 fully saturated rings. The molecule has 4 atom stereocenters. The number of amides is 8. The standard InChI is InChI=1S/C49H74N8O9/c1-33(2)28-37(53-41(59)38(29-34-18-12-10-13-19-34)54-42(60)39(30-35-20-14-11-15-21-35)55-46(64)66-48(6,7)8)40(58)52-36(22-16-17-25-51-45(63)65-47(3,4)5)43(61)56-26-23-49(24-27-56)31-57(32-49)44(62)50-9/h10-15,18-21,33,36-39H,16-17,22-32H2,1-9H3,(H,50,62)(H,51,63)(H,52,58)(H,53,59)(H,54,60)(H,55,64)/t36-,37-,38-,39-/m1/s1. The van der Waals surface area contributed by atoms with Gasteiger partial charge in [0.05, 0.1) is 0 Å². The molecule has 0 bridgehead atoms. The smallest absolute Gasteiger partial charge is 0.408 e. The molecule has 6 N–H and O–H groups in total. The van der Waals surface area contributed by atoms with Gasteiger partial charge in [0.2, 0.25) is 23.6 Å². The van der Waals surface area contributed by atoms with Crippen molar-refractivity contribution in [1.82, 2.24) is 41.7 Å². The minimum absolute atomic E-state index is 0.0545. The number of carbonyl (C=O) groups is 7. The molecule has 2 aliphatic rings. The molecule has 2 heterocycles. The zero-order valence-corrected chi connectivity index (χ0v) is 40.4. The van der Waals surface area contributed by atoms with Crippen LogP contribution in [0.15, 0.2) is 60.7 Å². The zero-order valence-electron chi connectivity index (χ0n) is 40.4. The Morgan fingerprint density at radius 1 is 0.621 bits per heavy atom. The number of unbranched alkanes of at least 4 members (excludes halogenated alkanes) is 1. The summed E-state index contributed by atoms with van der Waals surface area (Å²) < 4.78 is 10.8. The zero-order chi connectivity index (χ0) is 48.7. The normalized spacial score (nSPS) is 16.4. The van der Waals surface area contributed by atoms with Gasteiger partial charge in [-0.25, -0.2) is 14.4 Å². The molecule has 0 aliphatic carbocycles. The van der Waals surface area contributed by atoms with Crippen LogP contribution < -0.4 is 31.9 Å². The molecule has 17 heteroatoms. The van der Waals surface area contributed by atoms with Gasteiger partial charge in [0.25, 0.3) is 0 Å². The number of urea groups is 1. The third-order valence-corrected chi connectivity index (χ3v) is 11.4. The largest absolute Gasteiger partial charge is 0.444 e. The number of rotatable bonds is 19. The maximum Gasteiger partial charge on any atom is 0.408 e. The van der Waals surface area contributed by atoms with Gasteiger partial charge >= 0.3 is 18.2 Å².